The van der Waals surface area contributed by atoms with Gasteiger partial charge in [0.15, 0.2) is 0 Å². The number of hydrogen-bond donors (Lipinski definition) is 1. The number of fused-ring (bicyclic) bond motifs is 2. The summed E-state index contributed by atoms with van der Waals surface area (Å²) in [6.45, 7) is 5.78. The topological polar surface area (TPSA) is 61.4 Å². The van der Waals surface area contributed by atoms with E-state index in [1.807, 2.05) is 0 Å². The highest BCUT2D eigenvalue weighted by Crippen LogP contribution is 2.43. The number of hydrogen-bond acceptors (Lipinski definition) is 7. The first-order valence-corrected chi connectivity index (χ1v) is 15.1. The first-order chi connectivity index (χ1) is 18.7. The molecule has 0 saturated heterocycles. The van der Waals surface area contributed by atoms with E-state index in [-0.39, 0.29) is 17.5 Å². The van der Waals surface area contributed by atoms with Crippen molar-refractivity contribution in [3.8, 4) is 10.6 Å². The molecule has 0 spiro atoms. The van der Waals surface area contributed by atoms with Gasteiger partial charge in [-0.05, 0) is 60.4 Å². The van der Waals surface area contributed by atoms with E-state index in [2.05, 4.69) is 39.2 Å². The molecule has 1 fully saturated rings. The molecule has 3 aliphatic rings. The Labute approximate surface area is 234 Å². The second-order valence-corrected chi connectivity index (χ2v) is 12.7. The zero-order valence-corrected chi connectivity index (χ0v) is 23.5. The highest BCUT2D eigenvalue weighted by molar-refractivity contribution is 7.99. The third kappa shape index (κ3) is 5.53. The number of alkyl halides is 3. The van der Waals surface area contributed by atoms with Crippen LogP contribution in [0.5, 0.6) is 0 Å². The number of amides is 1. The molecule has 1 saturated carbocycles. The van der Waals surface area contributed by atoms with Crippen molar-refractivity contribution in [1.82, 2.24) is 19.8 Å². The van der Waals surface area contributed by atoms with Gasteiger partial charge in [-0.1, -0.05) is 13.0 Å². The SMILES string of the molecule is CCc1cc2c(cc1Nc1ncc(C(F)(F)F)c(-c3cc4c(s3)C(=O)N(C)CCS4)n1)CCN(CC1CC1)C2. The number of thiophene rings is 1. The molecule has 6 nitrogen and oxygen atoms in total. The lowest BCUT2D eigenvalue weighted by atomic mass is 9.95. The Morgan fingerprint density at radius 1 is 1.15 bits per heavy atom. The van der Waals surface area contributed by atoms with Crippen molar-refractivity contribution in [2.24, 2.45) is 5.92 Å². The van der Waals surface area contributed by atoms with Crippen LogP contribution in [-0.4, -0.2) is 58.1 Å². The van der Waals surface area contributed by atoms with Crippen molar-refractivity contribution < 1.29 is 18.0 Å². The first-order valence-electron chi connectivity index (χ1n) is 13.3. The molecular weight excluding hydrogens is 543 g/mol. The van der Waals surface area contributed by atoms with Gasteiger partial charge in [-0.15, -0.1) is 23.1 Å². The Morgan fingerprint density at radius 3 is 2.72 bits per heavy atom. The normalized spacial score (nSPS) is 18.1. The smallest absolute Gasteiger partial charge is 0.340 e. The van der Waals surface area contributed by atoms with E-state index in [1.165, 1.54) is 35.7 Å². The summed E-state index contributed by atoms with van der Waals surface area (Å²) in [6, 6.07) is 5.99. The van der Waals surface area contributed by atoms with Crippen LogP contribution in [0.4, 0.5) is 24.8 Å². The number of anilines is 2. The van der Waals surface area contributed by atoms with Gasteiger partial charge in [0.2, 0.25) is 5.95 Å². The van der Waals surface area contributed by atoms with Gasteiger partial charge < -0.3 is 10.2 Å². The minimum absolute atomic E-state index is 0.110. The van der Waals surface area contributed by atoms with Gasteiger partial charge in [0.1, 0.15) is 10.4 Å². The summed E-state index contributed by atoms with van der Waals surface area (Å²) < 4.78 is 42.1. The number of aromatic nitrogens is 2. The Bertz CT molecular complexity index is 1420. The second-order valence-electron chi connectivity index (χ2n) is 10.5. The highest BCUT2D eigenvalue weighted by Gasteiger charge is 2.37. The molecule has 1 amide bonds. The fraction of sp³-hybridized carbons (Fsp3) is 0.464. The maximum atomic E-state index is 14.0. The molecule has 6 rings (SSSR count). The second kappa shape index (κ2) is 10.4. The average molecular weight is 574 g/mol. The van der Waals surface area contributed by atoms with Crippen LogP contribution < -0.4 is 5.32 Å². The molecule has 1 N–H and O–H groups in total. The van der Waals surface area contributed by atoms with E-state index >= 15 is 0 Å². The average Bonchev–Trinajstić information content (AvgIpc) is 3.64. The summed E-state index contributed by atoms with van der Waals surface area (Å²) in [5, 5.41) is 3.22. The molecule has 0 atom stereocenters. The van der Waals surface area contributed by atoms with Crippen LogP contribution in [-0.2, 0) is 25.6 Å². The maximum absolute atomic E-state index is 14.0. The van der Waals surface area contributed by atoms with Crippen LogP contribution in [0.25, 0.3) is 10.6 Å². The van der Waals surface area contributed by atoms with Gasteiger partial charge in [-0.2, -0.15) is 13.2 Å². The predicted molar refractivity (Wildman–Crippen MR) is 149 cm³/mol. The van der Waals surface area contributed by atoms with Gasteiger partial charge in [-0.25, -0.2) is 9.97 Å². The summed E-state index contributed by atoms with van der Waals surface area (Å²) in [5.41, 5.74) is 3.38. The standard InChI is InChI=1S/C28H30F3N5OS2/c1-3-17-10-19-15-36(14-16-4-5-16)7-6-18(19)11-21(17)33-27-32-13-20(28(29,30)31)24(34-27)22-12-23-25(39-22)26(37)35(2)8-9-38-23/h10-13,16H,3-9,14-15H2,1-2H3,(H,32,33,34). The Kier molecular flexibility index (Phi) is 7.09. The lowest BCUT2D eigenvalue weighted by Crippen LogP contribution is -2.32. The molecule has 39 heavy (non-hydrogen) atoms. The zero-order valence-electron chi connectivity index (χ0n) is 21.9. The minimum Gasteiger partial charge on any atom is -0.340 e. The molecule has 2 aromatic heterocycles. The van der Waals surface area contributed by atoms with Crippen LogP contribution >= 0.6 is 23.1 Å². The maximum Gasteiger partial charge on any atom is 0.420 e. The Balaban J connectivity index is 1.33. The van der Waals surface area contributed by atoms with Gasteiger partial charge in [0.05, 0.1) is 10.6 Å². The van der Waals surface area contributed by atoms with Crippen LogP contribution in [0.2, 0.25) is 0 Å². The Hall–Kier alpha value is -2.63. The minimum atomic E-state index is -4.63. The van der Waals surface area contributed by atoms with Crippen LogP contribution in [0, 0.1) is 5.92 Å². The molecule has 11 heteroatoms. The molecule has 0 bridgehead atoms. The largest absolute Gasteiger partial charge is 0.420 e. The summed E-state index contributed by atoms with van der Waals surface area (Å²) in [4.78, 5) is 26.8. The summed E-state index contributed by atoms with van der Waals surface area (Å²) >= 11 is 2.54. The number of nitrogens with one attached hydrogen (secondary N) is 1. The van der Waals surface area contributed by atoms with Crippen molar-refractivity contribution in [3.63, 3.8) is 0 Å². The van der Waals surface area contributed by atoms with E-state index in [9.17, 15) is 18.0 Å². The Morgan fingerprint density at radius 2 is 1.97 bits per heavy atom. The van der Waals surface area contributed by atoms with Crippen LogP contribution in [0.3, 0.4) is 0 Å². The van der Waals surface area contributed by atoms with E-state index < -0.39 is 11.7 Å². The lowest BCUT2D eigenvalue weighted by Gasteiger charge is -2.30. The third-order valence-electron chi connectivity index (χ3n) is 7.61. The fourth-order valence-electron chi connectivity index (χ4n) is 5.22. The van der Waals surface area contributed by atoms with Gasteiger partial charge >= 0.3 is 6.18 Å². The number of benzene rings is 1. The predicted octanol–water partition coefficient (Wildman–Crippen LogP) is 6.48. The van der Waals surface area contributed by atoms with Gasteiger partial charge in [0, 0.05) is 55.8 Å². The van der Waals surface area contributed by atoms with Crippen LogP contribution in [0.15, 0.2) is 29.3 Å². The number of carbonyl (C=O) groups is 1. The highest BCUT2D eigenvalue weighted by atomic mass is 32.2. The van der Waals surface area contributed by atoms with Crippen molar-refractivity contribution >= 4 is 40.6 Å². The fourth-order valence-corrected chi connectivity index (χ4v) is 7.65. The number of carbonyl (C=O) groups excluding carboxylic acids is 1. The van der Waals surface area contributed by atoms with E-state index in [1.54, 1.807) is 18.0 Å². The number of aryl methyl sites for hydroxylation is 1. The molecule has 0 unspecified atom stereocenters. The summed E-state index contributed by atoms with van der Waals surface area (Å²) in [7, 11) is 1.71. The number of rotatable bonds is 6. The van der Waals surface area contributed by atoms with Gasteiger partial charge in [0.25, 0.3) is 5.91 Å². The quantitative estimate of drug-likeness (QED) is 0.365. The molecule has 1 aromatic carbocycles. The van der Waals surface area contributed by atoms with Crippen molar-refractivity contribution in [1.29, 1.82) is 0 Å². The third-order valence-corrected chi connectivity index (χ3v) is 9.89. The van der Waals surface area contributed by atoms with Crippen molar-refractivity contribution in [3.05, 3.63) is 51.5 Å². The molecule has 4 heterocycles. The molecule has 0 radical (unpaired) electrons. The van der Waals surface area contributed by atoms with E-state index in [4.69, 9.17) is 0 Å². The summed E-state index contributed by atoms with van der Waals surface area (Å²) in [5.74, 6) is 1.47. The molecule has 206 valence electrons. The lowest BCUT2D eigenvalue weighted by molar-refractivity contribution is -0.137. The van der Waals surface area contributed by atoms with E-state index in [0.717, 1.165) is 67.2 Å². The molecule has 3 aromatic rings. The number of halogens is 3. The van der Waals surface area contributed by atoms with Crippen molar-refractivity contribution in [2.75, 3.05) is 37.8 Å². The monoisotopic (exact) mass is 573 g/mol. The summed E-state index contributed by atoms with van der Waals surface area (Å²) in [6.07, 6.45) is 0.604. The number of nitrogens with zero attached hydrogens (tertiary/aromatic N) is 4. The van der Waals surface area contributed by atoms with E-state index in [0.29, 0.717) is 26.9 Å². The first kappa shape index (κ1) is 26.6. The zero-order chi connectivity index (χ0) is 27.3. The van der Waals surface area contributed by atoms with Crippen molar-refractivity contribution in [2.45, 2.75) is 50.2 Å². The van der Waals surface area contributed by atoms with Gasteiger partial charge in [-0.3, -0.25) is 9.69 Å². The molecule has 2 aliphatic heterocycles. The molecular formula is C28H30F3N5OS2. The van der Waals surface area contributed by atoms with Crippen LogP contribution in [0.1, 0.15) is 51.7 Å². The molecule has 1 aliphatic carbocycles. The number of thioether (sulfide) groups is 1.